The van der Waals surface area contributed by atoms with E-state index in [2.05, 4.69) is 9.97 Å². The predicted octanol–water partition coefficient (Wildman–Crippen LogP) is -3.00. The molecule has 0 radical (unpaired) electrons. The molecule has 2 aromatic heterocycles. The smallest absolute Gasteiger partial charge is 1.00 e. The summed E-state index contributed by atoms with van der Waals surface area (Å²) in [6.45, 7) is 2.72. The molecule has 4 rings (SSSR count). The Morgan fingerprint density at radius 1 is 1.05 bits per heavy atom. The molecular weight excluding hydrogens is 624 g/mol. The summed E-state index contributed by atoms with van der Waals surface area (Å²) >= 11 is 0. The predicted molar refractivity (Wildman–Crippen MR) is 148 cm³/mol. The number of rotatable bonds is 11. The first-order valence-corrected chi connectivity index (χ1v) is 14.6. The molecule has 17 heteroatoms. The quantitative estimate of drug-likeness (QED) is 0.157. The van der Waals surface area contributed by atoms with Crippen LogP contribution in [0.1, 0.15) is 30.0 Å². The van der Waals surface area contributed by atoms with Crippen LogP contribution >= 0.6 is 0 Å². The summed E-state index contributed by atoms with van der Waals surface area (Å²) < 4.78 is 58.3. The Balaban J connectivity index is 0.00000484. The molecule has 43 heavy (non-hydrogen) atoms. The average molecular weight is 652 g/mol. The van der Waals surface area contributed by atoms with Crippen molar-refractivity contribution in [3.05, 3.63) is 65.0 Å². The molecule has 1 atom stereocenters. The van der Waals surface area contributed by atoms with E-state index in [0.29, 0.717) is 22.8 Å². The molecule has 0 aliphatic rings. The van der Waals surface area contributed by atoms with E-state index in [9.17, 15) is 27.3 Å². The Morgan fingerprint density at radius 2 is 1.74 bits per heavy atom. The summed E-state index contributed by atoms with van der Waals surface area (Å²) in [5, 5.41) is 18.2. The Bertz CT molecular complexity index is 1840. The SMILES string of the molecule is COc1ccc2nc(S(=O)Cc3ncc(C)c(OC)c3C)n(S(=O)(=O)c3ccc(OCC(=O)O)c(C(=O)O)c3)c2c1.[H-].[H-].[Na+].[Na+]. The van der Waals surface area contributed by atoms with Crippen molar-refractivity contribution in [3.8, 4) is 17.2 Å². The summed E-state index contributed by atoms with van der Waals surface area (Å²) in [5.41, 5.74) is 1.48. The molecule has 0 spiro atoms. The molecular formula is C26H27N3Na2O10S2. The van der Waals surface area contributed by atoms with Gasteiger partial charge >= 0.3 is 71.1 Å². The van der Waals surface area contributed by atoms with Crippen LogP contribution in [-0.2, 0) is 31.4 Å². The summed E-state index contributed by atoms with van der Waals surface area (Å²) in [6.07, 6.45) is 1.56. The van der Waals surface area contributed by atoms with Gasteiger partial charge in [-0.1, -0.05) is 0 Å². The van der Waals surface area contributed by atoms with Crippen molar-refractivity contribution in [2.24, 2.45) is 0 Å². The number of fused-ring (bicyclic) bond motifs is 1. The van der Waals surface area contributed by atoms with Gasteiger partial charge in [-0.15, -0.1) is 0 Å². The van der Waals surface area contributed by atoms with Crippen molar-refractivity contribution in [1.29, 1.82) is 0 Å². The maximum absolute atomic E-state index is 14.0. The number of nitrogens with zero attached hydrogens (tertiary/aromatic N) is 3. The van der Waals surface area contributed by atoms with E-state index in [1.165, 1.54) is 26.4 Å². The molecule has 2 N–H and O–H groups in total. The summed E-state index contributed by atoms with van der Waals surface area (Å²) in [4.78, 5) is 31.0. The number of hydrogen-bond acceptors (Lipinski definition) is 10. The number of carbonyl (C=O) groups is 2. The van der Waals surface area contributed by atoms with Gasteiger partial charge in [-0.05, 0) is 44.2 Å². The molecule has 0 saturated carbocycles. The fourth-order valence-electron chi connectivity index (χ4n) is 4.13. The van der Waals surface area contributed by atoms with Gasteiger partial charge in [0.05, 0.1) is 52.4 Å². The first-order chi connectivity index (χ1) is 19.4. The number of aliphatic carboxylic acids is 1. The van der Waals surface area contributed by atoms with Crippen molar-refractivity contribution < 1.29 is 109 Å². The zero-order valence-corrected chi connectivity index (χ0v) is 29.9. The van der Waals surface area contributed by atoms with E-state index in [1.807, 2.05) is 6.92 Å². The van der Waals surface area contributed by atoms with Gasteiger partial charge < -0.3 is 27.3 Å². The first kappa shape index (κ1) is 36.7. The van der Waals surface area contributed by atoms with Crippen molar-refractivity contribution in [1.82, 2.24) is 13.9 Å². The number of aromatic nitrogens is 3. The van der Waals surface area contributed by atoms with E-state index >= 15 is 0 Å². The summed E-state index contributed by atoms with van der Waals surface area (Å²) in [6, 6.07) is 7.42. The fourth-order valence-corrected chi connectivity index (χ4v) is 7.19. The van der Waals surface area contributed by atoms with E-state index in [1.54, 1.807) is 19.2 Å². The van der Waals surface area contributed by atoms with Crippen LogP contribution in [0.25, 0.3) is 11.0 Å². The fraction of sp³-hybridized carbons (Fsp3) is 0.231. The zero-order chi connectivity index (χ0) is 30.1. The number of carboxylic acids is 2. The van der Waals surface area contributed by atoms with Crippen LogP contribution in [0.2, 0.25) is 0 Å². The minimum Gasteiger partial charge on any atom is -1.00 e. The number of imidazole rings is 1. The van der Waals surface area contributed by atoms with Crippen LogP contribution in [0.15, 0.2) is 52.6 Å². The van der Waals surface area contributed by atoms with Crippen LogP contribution < -0.4 is 73.3 Å². The minimum atomic E-state index is -4.62. The van der Waals surface area contributed by atoms with Crippen molar-refractivity contribution in [3.63, 3.8) is 0 Å². The van der Waals surface area contributed by atoms with Crippen LogP contribution in [-0.4, -0.2) is 69.5 Å². The maximum Gasteiger partial charge on any atom is 1.00 e. The summed E-state index contributed by atoms with van der Waals surface area (Å²) in [5.74, 6) is -2.56. The molecule has 0 fully saturated rings. The minimum absolute atomic E-state index is 0. The summed E-state index contributed by atoms with van der Waals surface area (Å²) in [7, 11) is -3.79. The number of pyridine rings is 1. The Kier molecular flexibility index (Phi) is 12.8. The second-order valence-electron chi connectivity index (χ2n) is 8.70. The Morgan fingerprint density at radius 3 is 2.35 bits per heavy atom. The number of methoxy groups -OCH3 is 2. The standard InChI is InChI=1S/C26H25N3O10S2.2Na.2H/c1-14-11-27-20(15(2)24(14)38-4)13-40(34)26-28-19-7-5-16(37-3)9-21(19)29(26)41(35,36)17-6-8-22(39-12-23(30)31)18(10-17)25(32)33;;;;/h5-11H,12-13H2,1-4H3,(H,30,31)(H,32,33);;;;/q;2*+1;2*-1. The normalized spacial score (nSPS) is 11.6. The molecule has 0 aliphatic carbocycles. The van der Waals surface area contributed by atoms with Crippen LogP contribution in [0, 0.1) is 13.8 Å². The van der Waals surface area contributed by atoms with Gasteiger partial charge in [-0.3, -0.25) is 9.19 Å². The van der Waals surface area contributed by atoms with Crippen molar-refractivity contribution >= 4 is 43.8 Å². The topological polar surface area (TPSA) is 184 Å². The van der Waals surface area contributed by atoms with Crippen LogP contribution in [0.5, 0.6) is 17.2 Å². The van der Waals surface area contributed by atoms with E-state index in [-0.39, 0.29) is 89.7 Å². The zero-order valence-electron chi connectivity index (χ0n) is 26.3. The van der Waals surface area contributed by atoms with Crippen LogP contribution in [0.3, 0.4) is 0 Å². The van der Waals surface area contributed by atoms with E-state index in [0.717, 1.165) is 27.7 Å². The second-order valence-corrected chi connectivity index (χ2v) is 11.8. The molecule has 4 aromatic rings. The van der Waals surface area contributed by atoms with Gasteiger partial charge in [0.1, 0.15) is 22.8 Å². The number of carboxylic acid groups (broad SMARTS) is 2. The molecule has 220 valence electrons. The largest absolute Gasteiger partial charge is 1.00 e. The Labute approximate surface area is 296 Å². The van der Waals surface area contributed by atoms with E-state index < -0.39 is 49.8 Å². The molecule has 2 aromatic carbocycles. The molecule has 13 nitrogen and oxygen atoms in total. The van der Waals surface area contributed by atoms with Crippen molar-refractivity contribution in [2.75, 3.05) is 20.8 Å². The van der Waals surface area contributed by atoms with Gasteiger partial charge in [-0.2, -0.15) is 0 Å². The molecule has 0 bridgehead atoms. The number of aryl methyl sites for hydroxylation is 1. The third kappa shape index (κ3) is 7.60. The van der Waals surface area contributed by atoms with Crippen molar-refractivity contribution in [2.45, 2.75) is 29.7 Å². The molecule has 0 amide bonds. The maximum atomic E-state index is 14.0. The number of hydrogen-bond donors (Lipinski definition) is 2. The molecule has 2 heterocycles. The third-order valence-electron chi connectivity index (χ3n) is 6.08. The molecule has 0 aliphatic heterocycles. The van der Waals surface area contributed by atoms with E-state index in [4.69, 9.17) is 19.3 Å². The Hall–Kier alpha value is -2.50. The molecule has 1 unspecified atom stereocenters. The first-order valence-electron chi connectivity index (χ1n) is 11.8. The van der Waals surface area contributed by atoms with Gasteiger partial charge in [0.25, 0.3) is 10.0 Å². The van der Waals surface area contributed by atoms with Gasteiger partial charge in [0.2, 0.25) is 5.16 Å². The average Bonchev–Trinajstić information content (AvgIpc) is 3.33. The van der Waals surface area contributed by atoms with Gasteiger partial charge in [-0.25, -0.2) is 27.0 Å². The number of ether oxygens (including phenoxy) is 3. The third-order valence-corrected chi connectivity index (χ3v) is 9.12. The van der Waals surface area contributed by atoms with Gasteiger partial charge in [0, 0.05) is 23.4 Å². The van der Waals surface area contributed by atoms with Gasteiger partial charge in [0.15, 0.2) is 6.61 Å². The number of aromatic carboxylic acids is 1. The monoisotopic (exact) mass is 651 g/mol. The second kappa shape index (κ2) is 15.0. The van der Waals surface area contributed by atoms with Crippen LogP contribution in [0.4, 0.5) is 0 Å². The number of benzene rings is 2. The molecule has 0 saturated heterocycles.